The Morgan fingerprint density at radius 3 is 2.47 bits per heavy atom. The van der Waals surface area contributed by atoms with Crippen molar-refractivity contribution in [3.8, 4) is 0 Å². The highest BCUT2D eigenvalue weighted by molar-refractivity contribution is 7.89. The summed E-state index contributed by atoms with van der Waals surface area (Å²) in [6.07, 6.45) is 5.18. The monoisotopic (exact) mass is 285 g/mol. The molecule has 0 amide bonds. The SMILES string of the molecule is CCC1CCCCC1NS(=O)(=O)c1ccc(F)cc1. The first-order valence-electron chi connectivity index (χ1n) is 6.81. The van der Waals surface area contributed by atoms with E-state index in [0.717, 1.165) is 25.7 Å². The van der Waals surface area contributed by atoms with Crippen molar-refractivity contribution in [3.05, 3.63) is 30.1 Å². The third kappa shape index (κ3) is 3.54. The summed E-state index contributed by atoms with van der Waals surface area (Å²) < 4.78 is 40.1. The summed E-state index contributed by atoms with van der Waals surface area (Å²) >= 11 is 0. The summed E-state index contributed by atoms with van der Waals surface area (Å²) in [6.45, 7) is 2.09. The average Bonchev–Trinajstić information content (AvgIpc) is 2.39. The largest absolute Gasteiger partial charge is 0.240 e. The van der Waals surface area contributed by atoms with Gasteiger partial charge in [-0.2, -0.15) is 0 Å². The van der Waals surface area contributed by atoms with Crippen LogP contribution in [0.15, 0.2) is 29.2 Å². The van der Waals surface area contributed by atoms with Crippen LogP contribution < -0.4 is 4.72 Å². The molecule has 1 saturated carbocycles. The van der Waals surface area contributed by atoms with E-state index in [-0.39, 0.29) is 10.9 Å². The molecule has 0 bridgehead atoms. The van der Waals surface area contributed by atoms with Crippen molar-refractivity contribution in [3.63, 3.8) is 0 Å². The Labute approximate surface area is 114 Å². The molecule has 1 aromatic carbocycles. The van der Waals surface area contributed by atoms with Gasteiger partial charge in [0.15, 0.2) is 0 Å². The van der Waals surface area contributed by atoms with Crippen LogP contribution in [0.1, 0.15) is 39.0 Å². The molecule has 0 heterocycles. The Bertz CT molecular complexity index is 513. The summed E-state index contributed by atoms with van der Waals surface area (Å²) in [5, 5.41) is 0. The van der Waals surface area contributed by atoms with Crippen molar-refractivity contribution < 1.29 is 12.8 Å². The minimum atomic E-state index is -3.54. The highest BCUT2D eigenvalue weighted by atomic mass is 32.2. The smallest absolute Gasteiger partial charge is 0.208 e. The first kappa shape index (κ1) is 14.5. The molecule has 3 nitrogen and oxygen atoms in total. The molecule has 1 aliphatic carbocycles. The van der Waals surface area contributed by atoms with Gasteiger partial charge in [-0.25, -0.2) is 17.5 Å². The van der Waals surface area contributed by atoms with Crippen LogP contribution in [0.2, 0.25) is 0 Å². The average molecular weight is 285 g/mol. The van der Waals surface area contributed by atoms with E-state index in [1.165, 1.54) is 30.7 Å². The minimum absolute atomic E-state index is 0.00815. The lowest BCUT2D eigenvalue weighted by atomic mass is 9.83. The van der Waals surface area contributed by atoms with Gasteiger partial charge in [-0.3, -0.25) is 0 Å². The summed E-state index contributed by atoms with van der Waals surface area (Å²) in [7, 11) is -3.54. The number of halogens is 1. The highest BCUT2D eigenvalue weighted by Crippen LogP contribution is 2.28. The van der Waals surface area contributed by atoms with Crippen LogP contribution in [0, 0.1) is 11.7 Å². The summed E-state index contributed by atoms with van der Waals surface area (Å²) in [4.78, 5) is 0.134. The second-order valence-electron chi connectivity index (χ2n) is 5.13. The van der Waals surface area contributed by atoms with E-state index < -0.39 is 15.8 Å². The Morgan fingerprint density at radius 2 is 1.84 bits per heavy atom. The lowest BCUT2D eigenvalue weighted by molar-refractivity contribution is 0.282. The van der Waals surface area contributed by atoms with Crippen molar-refractivity contribution in [1.29, 1.82) is 0 Å². The number of hydrogen-bond donors (Lipinski definition) is 1. The molecule has 1 N–H and O–H groups in total. The fourth-order valence-corrected chi connectivity index (χ4v) is 4.07. The van der Waals surface area contributed by atoms with Crippen LogP contribution in [0.4, 0.5) is 4.39 Å². The van der Waals surface area contributed by atoms with Crippen molar-refractivity contribution in [2.75, 3.05) is 0 Å². The third-order valence-electron chi connectivity index (χ3n) is 3.86. The molecule has 0 aliphatic heterocycles. The van der Waals surface area contributed by atoms with Crippen molar-refractivity contribution in [2.45, 2.75) is 50.0 Å². The van der Waals surface area contributed by atoms with E-state index in [1.807, 2.05) is 0 Å². The van der Waals surface area contributed by atoms with Crippen molar-refractivity contribution >= 4 is 10.0 Å². The quantitative estimate of drug-likeness (QED) is 0.924. The molecule has 19 heavy (non-hydrogen) atoms. The Morgan fingerprint density at radius 1 is 1.21 bits per heavy atom. The van der Waals surface area contributed by atoms with Gasteiger partial charge in [-0.05, 0) is 43.0 Å². The molecule has 2 rings (SSSR count). The van der Waals surface area contributed by atoms with E-state index >= 15 is 0 Å². The van der Waals surface area contributed by atoms with Gasteiger partial charge in [0.25, 0.3) is 0 Å². The molecule has 0 radical (unpaired) electrons. The Kier molecular flexibility index (Phi) is 4.58. The molecule has 1 aromatic rings. The van der Waals surface area contributed by atoms with Gasteiger partial charge in [0, 0.05) is 6.04 Å². The molecule has 106 valence electrons. The summed E-state index contributed by atoms with van der Waals surface area (Å²) in [6, 6.07) is 4.97. The van der Waals surface area contributed by atoms with Gasteiger partial charge >= 0.3 is 0 Å². The van der Waals surface area contributed by atoms with Crippen LogP contribution in [-0.4, -0.2) is 14.5 Å². The highest BCUT2D eigenvalue weighted by Gasteiger charge is 2.28. The van der Waals surface area contributed by atoms with Gasteiger partial charge in [-0.1, -0.05) is 26.2 Å². The summed E-state index contributed by atoms with van der Waals surface area (Å²) in [5.41, 5.74) is 0. The van der Waals surface area contributed by atoms with Gasteiger partial charge in [0.2, 0.25) is 10.0 Å². The number of nitrogens with one attached hydrogen (secondary N) is 1. The van der Waals surface area contributed by atoms with E-state index in [1.54, 1.807) is 0 Å². The first-order chi connectivity index (χ1) is 9.03. The fraction of sp³-hybridized carbons (Fsp3) is 0.571. The van der Waals surface area contributed by atoms with E-state index in [4.69, 9.17) is 0 Å². The number of sulfonamides is 1. The number of hydrogen-bond acceptors (Lipinski definition) is 2. The molecular formula is C14H20FNO2S. The third-order valence-corrected chi connectivity index (χ3v) is 5.37. The van der Waals surface area contributed by atoms with E-state index in [9.17, 15) is 12.8 Å². The molecule has 1 fully saturated rings. The first-order valence-corrected chi connectivity index (χ1v) is 8.29. The van der Waals surface area contributed by atoms with Gasteiger partial charge in [-0.15, -0.1) is 0 Å². The van der Waals surface area contributed by atoms with E-state index in [0.29, 0.717) is 5.92 Å². The fourth-order valence-electron chi connectivity index (χ4n) is 2.73. The second kappa shape index (κ2) is 6.01. The second-order valence-corrected chi connectivity index (χ2v) is 6.85. The van der Waals surface area contributed by atoms with Crippen LogP contribution in [0.3, 0.4) is 0 Å². The maximum Gasteiger partial charge on any atom is 0.240 e. The Hall–Kier alpha value is -0.940. The standard InChI is InChI=1S/C14H20FNO2S/c1-2-11-5-3-4-6-14(11)16-19(17,18)13-9-7-12(15)8-10-13/h7-11,14,16H,2-6H2,1H3. The van der Waals surface area contributed by atoms with Gasteiger partial charge < -0.3 is 0 Å². The predicted octanol–water partition coefficient (Wildman–Crippen LogP) is 3.07. The van der Waals surface area contributed by atoms with Gasteiger partial charge in [0.1, 0.15) is 5.82 Å². The topological polar surface area (TPSA) is 46.2 Å². The molecule has 0 spiro atoms. The van der Waals surface area contributed by atoms with Crippen LogP contribution in [0.5, 0.6) is 0 Å². The zero-order valence-electron chi connectivity index (χ0n) is 11.1. The predicted molar refractivity (Wildman–Crippen MR) is 72.8 cm³/mol. The molecule has 0 aromatic heterocycles. The zero-order chi connectivity index (χ0) is 13.9. The molecule has 1 aliphatic rings. The summed E-state index contributed by atoms with van der Waals surface area (Å²) in [5.74, 6) is -0.0213. The van der Waals surface area contributed by atoms with Gasteiger partial charge in [0.05, 0.1) is 4.90 Å². The molecule has 5 heteroatoms. The zero-order valence-corrected chi connectivity index (χ0v) is 11.9. The lowest BCUT2D eigenvalue weighted by Gasteiger charge is -2.31. The van der Waals surface area contributed by atoms with Crippen molar-refractivity contribution in [1.82, 2.24) is 4.72 Å². The van der Waals surface area contributed by atoms with Crippen LogP contribution in [-0.2, 0) is 10.0 Å². The minimum Gasteiger partial charge on any atom is -0.208 e. The maximum absolute atomic E-state index is 12.8. The molecule has 2 atom stereocenters. The van der Waals surface area contributed by atoms with E-state index in [2.05, 4.69) is 11.6 Å². The molecular weight excluding hydrogens is 265 g/mol. The van der Waals surface area contributed by atoms with Crippen LogP contribution in [0.25, 0.3) is 0 Å². The lowest BCUT2D eigenvalue weighted by Crippen LogP contribution is -2.41. The number of benzene rings is 1. The maximum atomic E-state index is 12.8. The number of rotatable bonds is 4. The Balaban J connectivity index is 2.14. The normalized spacial score (nSPS) is 24.3. The molecule has 2 unspecified atom stereocenters. The molecule has 0 saturated heterocycles. The van der Waals surface area contributed by atoms with Crippen LogP contribution >= 0.6 is 0 Å². The van der Waals surface area contributed by atoms with Crippen molar-refractivity contribution in [2.24, 2.45) is 5.92 Å².